The quantitative estimate of drug-likeness (QED) is 0.347. The summed E-state index contributed by atoms with van der Waals surface area (Å²) in [5.74, 6) is -1.23. The number of hydrogen-bond donors (Lipinski definition) is 1. The van der Waals surface area contributed by atoms with Crippen molar-refractivity contribution in [3.8, 4) is 11.5 Å². The fourth-order valence-corrected chi connectivity index (χ4v) is 4.29. The molecule has 1 saturated heterocycles. The maximum Gasteiger partial charge on any atom is 0.344 e. The molecule has 1 N–H and O–H groups in total. The third kappa shape index (κ3) is 7.02. The van der Waals surface area contributed by atoms with E-state index in [9.17, 15) is 19.2 Å². The fraction of sp³-hybridized carbons (Fsp3) is 0.280. The van der Waals surface area contributed by atoms with Gasteiger partial charge in [0.05, 0.1) is 23.1 Å². The molecule has 36 heavy (non-hydrogen) atoms. The predicted octanol–water partition coefficient (Wildman–Crippen LogP) is 4.66. The van der Waals surface area contributed by atoms with Gasteiger partial charge in [-0.3, -0.25) is 19.3 Å². The molecule has 1 aliphatic rings. The molecule has 2 aromatic carbocycles. The minimum Gasteiger partial charge on any atom is -0.490 e. The molecule has 1 fully saturated rings. The van der Waals surface area contributed by atoms with Gasteiger partial charge in [-0.2, -0.15) is 0 Å². The van der Waals surface area contributed by atoms with E-state index in [1.54, 1.807) is 32.0 Å². The summed E-state index contributed by atoms with van der Waals surface area (Å²) >= 11 is 7.08. The second kappa shape index (κ2) is 12.5. The van der Waals surface area contributed by atoms with Gasteiger partial charge >= 0.3 is 5.97 Å². The van der Waals surface area contributed by atoms with Crippen LogP contribution in [0.4, 0.5) is 10.5 Å². The van der Waals surface area contributed by atoms with Crippen LogP contribution >= 0.6 is 23.4 Å². The van der Waals surface area contributed by atoms with E-state index in [2.05, 4.69) is 5.32 Å². The van der Waals surface area contributed by atoms with E-state index >= 15 is 0 Å². The number of rotatable bonds is 10. The number of anilines is 1. The lowest BCUT2D eigenvalue weighted by atomic mass is 10.1. The summed E-state index contributed by atoms with van der Waals surface area (Å²) in [6, 6.07) is 10.2. The Labute approximate surface area is 217 Å². The number of carbonyl (C=O) groups is 4. The fourth-order valence-electron chi connectivity index (χ4n) is 3.18. The lowest BCUT2D eigenvalue weighted by Crippen LogP contribution is -2.36. The number of halogens is 1. The Balaban J connectivity index is 1.74. The van der Waals surface area contributed by atoms with E-state index in [4.69, 9.17) is 25.8 Å². The molecular weight excluding hydrogens is 508 g/mol. The monoisotopic (exact) mass is 532 g/mol. The van der Waals surface area contributed by atoms with Crippen LogP contribution in [-0.2, 0) is 19.1 Å². The number of carbonyl (C=O) groups excluding carboxylic acids is 4. The van der Waals surface area contributed by atoms with Gasteiger partial charge in [0.1, 0.15) is 6.54 Å². The SMILES string of the molecule is CCOC(=O)COc1c(Cl)cc(C=C2SC(=O)N(CC(=O)Nc3ccc(C)cc3)C2=O)cc1OCC. The van der Waals surface area contributed by atoms with Gasteiger partial charge in [0.2, 0.25) is 5.91 Å². The summed E-state index contributed by atoms with van der Waals surface area (Å²) in [5.41, 5.74) is 2.08. The van der Waals surface area contributed by atoms with Crippen LogP contribution in [0.15, 0.2) is 41.3 Å². The highest BCUT2D eigenvalue weighted by molar-refractivity contribution is 8.18. The number of thioether (sulfide) groups is 1. The summed E-state index contributed by atoms with van der Waals surface area (Å²) in [7, 11) is 0. The zero-order valence-electron chi connectivity index (χ0n) is 20.0. The van der Waals surface area contributed by atoms with Crippen molar-refractivity contribution in [2.24, 2.45) is 0 Å². The van der Waals surface area contributed by atoms with Crippen LogP contribution < -0.4 is 14.8 Å². The van der Waals surface area contributed by atoms with Crippen molar-refractivity contribution >= 4 is 58.1 Å². The maximum atomic E-state index is 12.9. The second-order valence-corrected chi connectivity index (χ2v) is 8.94. The topological polar surface area (TPSA) is 111 Å². The molecule has 190 valence electrons. The van der Waals surface area contributed by atoms with Crippen LogP contribution in [0.3, 0.4) is 0 Å². The van der Waals surface area contributed by atoms with Crippen molar-refractivity contribution in [2.45, 2.75) is 20.8 Å². The molecule has 11 heteroatoms. The van der Waals surface area contributed by atoms with E-state index in [-0.39, 0.29) is 34.6 Å². The third-order valence-corrected chi connectivity index (χ3v) is 5.97. The maximum absolute atomic E-state index is 12.9. The van der Waals surface area contributed by atoms with Gasteiger partial charge in [-0.1, -0.05) is 29.3 Å². The summed E-state index contributed by atoms with van der Waals surface area (Å²) in [6.07, 6.45) is 1.48. The molecule has 0 unspecified atom stereocenters. The van der Waals surface area contributed by atoms with E-state index in [1.807, 2.05) is 19.1 Å². The van der Waals surface area contributed by atoms with E-state index in [1.165, 1.54) is 12.1 Å². The zero-order valence-corrected chi connectivity index (χ0v) is 21.5. The van der Waals surface area contributed by atoms with Crippen molar-refractivity contribution in [3.05, 3.63) is 57.5 Å². The van der Waals surface area contributed by atoms with Crippen molar-refractivity contribution in [1.82, 2.24) is 4.90 Å². The molecule has 0 aromatic heterocycles. The number of nitrogens with one attached hydrogen (secondary N) is 1. The van der Waals surface area contributed by atoms with Crippen LogP contribution in [-0.4, -0.2) is 54.3 Å². The summed E-state index contributed by atoms with van der Waals surface area (Å²) in [4.78, 5) is 50.3. The molecule has 0 saturated carbocycles. The van der Waals surface area contributed by atoms with Crippen molar-refractivity contribution in [2.75, 3.05) is 31.7 Å². The Morgan fingerprint density at radius 1 is 1.08 bits per heavy atom. The van der Waals surface area contributed by atoms with Gasteiger partial charge in [0.25, 0.3) is 11.1 Å². The van der Waals surface area contributed by atoms with Crippen molar-refractivity contribution < 1.29 is 33.4 Å². The minimum atomic E-state index is -0.597. The van der Waals surface area contributed by atoms with Crippen LogP contribution in [0.2, 0.25) is 5.02 Å². The van der Waals surface area contributed by atoms with Crippen LogP contribution in [0.5, 0.6) is 11.5 Å². The number of amides is 3. The average molecular weight is 533 g/mol. The lowest BCUT2D eigenvalue weighted by molar-refractivity contribution is -0.145. The molecular formula is C25H25ClN2O7S. The Bertz CT molecular complexity index is 1200. The first kappa shape index (κ1) is 27.1. The lowest BCUT2D eigenvalue weighted by Gasteiger charge is -2.14. The molecule has 3 amide bonds. The Kier molecular flexibility index (Phi) is 9.38. The van der Waals surface area contributed by atoms with E-state index in [0.717, 1.165) is 22.2 Å². The van der Waals surface area contributed by atoms with Crippen molar-refractivity contribution in [1.29, 1.82) is 0 Å². The highest BCUT2D eigenvalue weighted by Gasteiger charge is 2.36. The molecule has 1 aliphatic heterocycles. The number of benzene rings is 2. The first-order chi connectivity index (χ1) is 17.2. The highest BCUT2D eigenvalue weighted by atomic mass is 35.5. The minimum absolute atomic E-state index is 0.127. The molecule has 3 rings (SSSR count). The first-order valence-electron chi connectivity index (χ1n) is 11.1. The van der Waals surface area contributed by atoms with E-state index < -0.39 is 29.6 Å². The van der Waals surface area contributed by atoms with Gasteiger partial charge in [-0.25, -0.2) is 4.79 Å². The Morgan fingerprint density at radius 3 is 2.47 bits per heavy atom. The van der Waals surface area contributed by atoms with Crippen molar-refractivity contribution in [3.63, 3.8) is 0 Å². The smallest absolute Gasteiger partial charge is 0.344 e. The molecule has 0 atom stereocenters. The average Bonchev–Trinajstić information content (AvgIpc) is 3.07. The molecule has 2 aromatic rings. The van der Waals surface area contributed by atoms with E-state index in [0.29, 0.717) is 17.9 Å². The number of ether oxygens (including phenoxy) is 3. The predicted molar refractivity (Wildman–Crippen MR) is 137 cm³/mol. The molecule has 0 bridgehead atoms. The van der Waals surface area contributed by atoms with Gasteiger partial charge in [0, 0.05) is 5.69 Å². The number of hydrogen-bond acceptors (Lipinski definition) is 8. The Morgan fingerprint density at radius 2 is 1.81 bits per heavy atom. The molecule has 9 nitrogen and oxygen atoms in total. The van der Waals surface area contributed by atoms with Gasteiger partial charge in [-0.05, 0) is 68.4 Å². The van der Waals surface area contributed by atoms with Crippen LogP contribution in [0.25, 0.3) is 6.08 Å². The number of imide groups is 1. The largest absolute Gasteiger partial charge is 0.490 e. The summed E-state index contributed by atoms with van der Waals surface area (Å²) in [5, 5.41) is 2.26. The second-order valence-electron chi connectivity index (χ2n) is 7.54. The van der Waals surface area contributed by atoms with Crippen LogP contribution in [0, 0.1) is 6.92 Å². The third-order valence-electron chi connectivity index (χ3n) is 4.78. The molecule has 0 radical (unpaired) electrons. The number of esters is 1. The van der Waals surface area contributed by atoms with Gasteiger partial charge in [-0.15, -0.1) is 0 Å². The molecule has 0 spiro atoms. The zero-order chi connectivity index (χ0) is 26.2. The number of aryl methyl sites for hydroxylation is 1. The molecule has 1 heterocycles. The van der Waals surface area contributed by atoms with Crippen LogP contribution in [0.1, 0.15) is 25.0 Å². The standard InChI is InChI=1S/C25H25ClN2O7S/c1-4-33-19-11-16(10-18(26)23(19)35-14-22(30)34-5-2)12-20-24(31)28(25(32)36-20)13-21(29)27-17-8-6-15(3)7-9-17/h6-12H,4-5,13-14H2,1-3H3,(H,27,29). The summed E-state index contributed by atoms with van der Waals surface area (Å²) in [6.45, 7) is 5.12. The molecule has 0 aliphatic carbocycles. The Hall–Kier alpha value is -3.50. The number of nitrogens with zero attached hydrogens (tertiary/aromatic N) is 1. The van der Waals surface area contributed by atoms with Gasteiger partial charge in [0.15, 0.2) is 18.1 Å². The first-order valence-corrected chi connectivity index (χ1v) is 12.3. The highest BCUT2D eigenvalue weighted by Crippen LogP contribution is 2.39. The van der Waals surface area contributed by atoms with Gasteiger partial charge < -0.3 is 19.5 Å². The summed E-state index contributed by atoms with van der Waals surface area (Å²) < 4.78 is 15.9. The normalized spacial score (nSPS) is 14.2.